The van der Waals surface area contributed by atoms with Gasteiger partial charge in [-0.3, -0.25) is 0 Å². The Morgan fingerprint density at radius 2 is 1.89 bits per heavy atom. The van der Waals surface area contributed by atoms with Crippen LogP contribution in [0.25, 0.3) is 0 Å². The average Bonchev–Trinajstić information content (AvgIpc) is 2.39. The molecule has 2 rings (SSSR count). The van der Waals surface area contributed by atoms with E-state index >= 15 is 0 Å². The maximum Gasteiger partial charge on any atom is 0.0762 e. The predicted octanol–water partition coefficient (Wildman–Crippen LogP) is 2.71. The first-order chi connectivity index (χ1) is 8.92. The molecule has 3 nitrogen and oxygen atoms in total. The summed E-state index contributed by atoms with van der Waals surface area (Å²) >= 11 is 0. The molecule has 0 aromatic heterocycles. The molecule has 1 saturated heterocycles. The third-order valence-corrected chi connectivity index (χ3v) is 5.74. The third kappa shape index (κ3) is 2.84. The van der Waals surface area contributed by atoms with E-state index in [1.165, 1.54) is 12.8 Å². The van der Waals surface area contributed by atoms with Crippen molar-refractivity contribution in [3.8, 4) is 0 Å². The third-order valence-electron chi connectivity index (χ3n) is 5.74. The van der Waals surface area contributed by atoms with Gasteiger partial charge >= 0.3 is 0 Å². The fourth-order valence-corrected chi connectivity index (χ4v) is 3.96. The lowest BCUT2D eigenvalue weighted by molar-refractivity contribution is -0.185. The Labute approximate surface area is 117 Å². The first kappa shape index (κ1) is 15.3. The summed E-state index contributed by atoms with van der Waals surface area (Å²) in [5.74, 6) is 1.24. The van der Waals surface area contributed by atoms with Crippen molar-refractivity contribution >= 4 is 0 Å². The Bertz CT molecular complexity index is 297. The lowest BCUT2D eigenvalue weighted by Gasteiger charge is -2.53. The van der Waals surface area contributed by atoms with Gasteiger partial charge in [0.15, 0.2) is 0 Å². The molecular weight excluding hydrogens is 238 g/mol. The highest BCUT2D eigenvalue weighted by molar-refractivity contribution is 5.04. The summed E-state index contributed by atoms with van der Waals surface area (Å²) in [6.07, 6.45) is 6.25. The molecule has 3 heteroatoms. The van der Waals surface area contributed by atoms with Crippen molar-refractivity contribution in [2.75, 3.05) is 13.2 Å². The zero-order chi connectivity index (χ0) is 14.1. The highest BCUT2D eigenvalue weighted by Crippen LogP contribution is 2.51. The summed E-state index contributed by atoms with van der Waals surface area (Å²) in [6, 6.07) is 0. The lowest BCUT2D eigenvalue weighted by Crippen LogP contribution is -2.58. The van der Waals surface area contributed by atoms with Crippen LogP contribution in [0.2, 0.25) is 0 Å². The molecule has 0 amide bonds. The van der Waals surface area contributed by atoms with Crippen LogP contribution in [-0.2, 0) is 4.74 Å². The molecule has 3 N–H and O–H groups in total. The first-order valence-electron chi connectivity index (χ1n) is 7.96. The molecule has 0 aromatic carbocycles. The van der Waals surface area contributed by atoms with E-state index in [1.54, 1.807) is 0 Å². The topological polar surface area (TPSA) is 55.5 Å². The van der Waals surface area contributed by atoms with Crippen molar-refractivity contribution in [2.45, 2.75) is 71.0 Å². The number of hydrogen-bond donors (Lipinski definition) is 2. The molecule has 1 heterocycles. The van der Waals surface area contributed by atoms with E-state index in [0.29, 0.717) is 19.1 Å². The van der Waals surface area contributed by atoms with Crippen LogP contribution in [0.3, 0.4) is 0 Å². The minimum atomic E-state index is -0.616. The molecule has 2 aliphatic rings. The number of ether oxygens (including phenoxy) is 1. The van der Waals surface area contributed by atoms with Gasteiger partial charge in [-0.2, -0.15) is 0 Å². The Morgan fingerprint density at radius 1 is 1.26 bits per heavy atom. The highest BCUT2D eigenvalue weighted by atomic mass is 16.5. The van der Waals surface area contributed by atoms with Crippen LogP contribution in [0.4, 0.5) is 0 Å². The standard InChI is InChI=1S/C16H31NO2/c1-12(2)14-10-16(18,8-9-19-14)15(11-17)6-4-13(3)5-7-15/h12-14,18H,4-11,17H2,1-3H3. The van der Waals surface area contributed by atoms with Crippen LogP contribution < -0.4 is 5.73 Å². The van der Waals surface area contributed by atoms with Crippen molar-refractivity contribution in [1.29, 1.82) is 0 Å². The van der Waals surface area contributed by atoms with E-state index < -0.39 is 5.60 Å². The van der Waals surface area contributed by atoms with Crippen LogP contribution in [0.15, 0.2) is 0 Å². The van der Waals surface area contributed by atoms with Gasteiger partial charge in [-0.15, -0.1) is 0 Å². The summed E-state index contributed by atoms with van der Waals surface area (Å²) in [5.41, 5.74) is 5.43. The molecule has 2 atom stereocenters. The summed E-state index contributed by atoms with van der Waals surface area (Å²) in [6.45, 7) is 7.95. The van der Waals surface area contributed by atoms with E-state index in [-0.39, 0.29) is 11.5 Å². The van der Waals surface area contributed by atoms with Crippen molar-refractivity contribution in [3.63, 3.8) is 0 Å². The Kier molecular flexibility index (Phi) is 4.59. The van der Waals surface area contributed by atoms with Crippen molar-refractivity contribution in [2.24, 2.45) is 23.0 Å². The zero-order valence-corrected chi connectivity index (χ0v) is 12.8. The molecule has 0 spiro atoms. The van der Waals surface area contributed by atoms with Crippen LogP contribution in [0, 0.1) is 17.3 Å². The Morgan fingerprint density at radius 3 is 2.42 bits per heavy atom. The molecule has 0 radical (unpaired) electrons. The van der Waals surface area contributed by atoms with Crippen molar-refractivity contribution in [1.82, 2.24) is 0 Å². The molecule has 0 bridgehead atoms. The minimum absolute atomic E-state index is 0.0730. The van der Waals surface area contributed by atoms with Gasteiger partial charge in [-0.25, -0.2) is 0 Å². The van der Waals surface area contributed by atoms with Gasteiger partial charge in [0.25, 0.3) is 0 Å². The minimum Gasteiger partial charge on any atom is -0.389 e. The van der Waals surface area contributed by atoms with Crippen LogP contribution in [0.1, 0.15) is 59.3 Å². The molecule has 2 unspecified atom stereocenters. The second-order valence-corrected chi connectivity index (χ2v) is 7.31. The molecule has 2 fully saturated rings. The first-order valence-corrected chi connectivity index (χ1v) is 7.96. The van der Waals surface area contributed by atoms with E-state index in [0.717, 1.165) is 31.6 Å². The molecule has 112 valence electrons. The fourth-order valence-electron chi connectivity index (χ4n) is 3.96. The number of hydrogen-bond acceptors (Lipinski definition) is 3. The van der Waals surface area contributed by atoms with E-state index in [4.69, 9.17) is 10.5 Å². The number of aliphatic hydroxyl groups is 1. The largest absolute Gasteiger partial charge is 0.389 e. The summed E-state index contributed by atoms with van der Waals surface area (Å²) < 4.78 is 5.84. The van der Waals surface area contributed by atoms with E-state index in [9.17, 15) is 5.11 Å². The van der Waals surface area contributed by atoms with Crippen LogP contribution in [0.5, 0.6) is 0 Å². The van der Waals surface area contributed by atoms with Crippen molar-refractivity contribution in [3.05, 3.63) is 0 Å². The van der Waals surface area contributed by atoms with Gasteiger partial charge in [0.1, 0.15) is 0 Å². The van der Waals surface area contributed by atoms with Crippen LogP contribution >= 0.6 is 0 Å². The van der Waals surface area contributed by atoms with Gasteiger partial charge in [0, 0.05) is 31.4 Å². The molecule has 1 aliphatic carbocycles. The van der Waals surface area contributed by atoms with E-state index in [2.05, 4.69) is 20.8 Å². The fraction of sp³-hybridized carbons (Fsp3) is 1.00. The summed E-state index contributed by atoms with van der Waals surface area (Å²) in [4.78, 5) is 0. The van der Waals surface area contributed by atoms with Crippen LogP contribution in [-0.4, -0.2) is 30.0 Å². The zero-order valence-electron chi connectivity index (χ0n) is 12.8. The predicted molar refractivity (Wildman–Crippen MR) is 77.9 cm³/mol. The smallest absolute Gasteiger partial charge is 0.0762 e. The maximum atomic E-state index is 11.3. The average molecular weight is 269 g/mol. The normalized spacial score (nSPS) is 44.5. The monoisotopic (exact) mass is 269 g/mol. The molecule has 1 aliphatic heterocycles. The molecule has 1 saturated carbocycles. The van der Waals surface area contributed by atoms with Gasteiger partial charge in [-0.1, -0.05) is 33.6 Å². The molecule has 0 aromatic rings. The van der Waals surface area contributed by atoms with Gasteiger partial charge in [-0.05, 0) is 24.7 Å². The second kappa shape index (κ2) is 5.71. The summed E-state index contributed by atoms with van der Waals surface area (Å²) in [7, 11) is 0. The highest BCUT2D eigenvalue weighted by Gasteiger charge is 2.52. The summed E-state index contributed by atoms with van der Waals surface area (Å²) in [5, 5.41) is 11.3. The number of rotatable bonds is 3. The van der Waals surface area contributed by atoms with Crippen molar-refractivity contribution < 1.29 is 9.84 Å². The number of nitrogens with two attached hydrogens (primary N) is 1. The van der Waals surface area contributed by atoms with E-state index in [1.807, 2.05) is 0 Å². The maximum absolute atomic E-state index is 11.3. The van der Waals surface area contributed by atoms with Gasteiger partial charge in [0.2, 0.25) is 0 Å². The SMILES string of the molecule is CC1CCC(CN)(C2(O)CCOC(C(C)C)C2)CC1. The second-order valence-electron chi connectivity index (χ2n) is 7.31. The Balaban J connectivity index is 2.16. The lowest BCUT2D eigenvalue weighted by atomic mass is 9.58. The van der Waals surface area contributed by atoms with Gasteiger partial charge < -0.3 is 15.6 Å². The molecule has 19 heavy (non-hydrogen) atoms. The Hall–Kier alpha value is -0.120. The quantitative estimate of drug-likeness (QED) is 0.828. The van der Waals surface area contributed by atoms with Gasteiger partial charge in [0.05, 0.1) is 11.7 Å². The molecular formula is C16H31NO2.